The van der Waals surface area contributed by atoms with Crippen LogP contribution in [0.4, 0.5) is 4.79 Å². The van der Waals surface area contributed by atoms with Crippen LogP contribution in [-0.2, 0) is 6.42 Å². The molecule has 1 aromatic heterocycles. The Bertz CT molecular complexity index is 677. The molecule has 0 saturated heterocycles. The average molecular weight is 412 g/mol. The molecule has 1 N–H and O–H groups in total. The minimum absolute atomic E-state index is 0.154. The molecule has 4 nitrogen and oxygen atoms in total. The monoisotopic (exact) mass is 411 g/mol. The molecule has 166 valence electrons. The van der Waals surface area contributed by atoms with Gasteiger partial charge in [-0.2, -0.15) is 0 Å². The van der Waals surface area contributed by atoms with Crippen molar-refractivity contribution >= 4 is 6.03 Å². The maximum atomic E-state index is 13.1. The number of pyridine rings is 1. The number of carbonyl (C=O) groups excluding carboxylic acids is 1. The van der Waals surface area contributed by atoms with E-state index in [1.807, 2.05) is 12.4 Å². The molecule has 0 spiro atoms. The van der Waals surface area contributed by atoms with Crippen molar-refractivity contribution in [2.24, 2.45) is 29.1 Å². The Kier molecular flexibility index (Phi) is 7.00. The van der Waals surface area contributed by atoms with Crippen LogP contribution in [0.1, 0.15) is 77.2 Å². The number of amides is 2. The van der Waals surface area contributed by atoms with Crippen molar-refractivity contribution in [1.29, 1.82) is 0 Å². The minimum Gasteiger partial charge on any atom is -0.338 e. The Morgan fingerprint density at radius 1 is 1.17 bits per heavy atom. The van der Waals surface area contributed by atoms with Gasteiger partial charge in [0, 0.05) is 32.0 Å². The number of urea groups is 1. The maximum Gasteiger partial charge on any atom is 0.317 e. The third-order valence-electron chi connectivity index (χ3n) is 8.29. The molecule has 3 unspecified atom stereocenters. The van der Waals surface area contributed by atoms with Gasteiger partial charge in [0.15, 0.2) is 0 Å². The van der Waals surface area contributed by atoms with Gasteiger partial charge in [-0.05, 0) is 98.1 Å². The number of aromatic nitrogens is 1. The molecule has 3 atom stereocenters. The highest BCUT2D eigenvalue weighted by atomic mass is 16.2. The van der Waals surface area contributed by atoms with Crippen molar-refractivity contribution in [3.8, 4) is 0 Å². The zero-order chi connectivity index (χ0) is 21.0. The van der Waals surface area contributed by atoms with Gasteiger partial charge in [-0.15, -0.1) is 0 Å². The summed E-state index contributed by atoms with van der Waals surface area (Å²) in [6.45, 7) is 7.05. The van der Waals surface area contributed by atoms with Gasteiger partial charge < -0.3 is 10.2 Å². The first-order valence-corrected chi connectivity index (χ1v) is 12.5. The molecule has 4 fully saturated rings. The normalized spacial score (nSPS) is 29.9. The van der Waals surface area contributed by atoms with Crippen LogP contribution in [-0.4, -0.2) is 35.5 Å². The number of hydrogen-bond donors (Lipinski definition) is 1. The van der Waals surface area contributed by atoms with E-state index in [0.29, 0.717) is 11.3 Å². The molecular weight excluding hydrogens is 370 g/mol. The first-order valence-electron chi connectivity index (χ1n) is 12.5. The lowest BCUT2D eigenvalue weighted by Gasteiger charge is -2.35. The number of carbonyl (C=O) groups is 1. The van der Waals surface area contributed by atoms with E-state index in [0.717, 1.165) is 50.2 Å². The van der Waals surface area contributed by atoms with Crippen molar-refractivity contribution in [3.05, 3.63) is 30.1 Å². The quantitative estimate of drug-likeness (QED) is 0.476. The summed E-state index contributed by atoms with van der Waals surface area (Å²) in [5, 5.41) is 3.25. The first kappa shape index (κ1) is 21.6. The lowest BCUT2D eigenvalue weighted by atomic mass is 9.73. The molecule has 0 aliphatic heterocycles. The second-order valence-corrected chi connectivity index (χ2v) is 10.7. The van der Waals surface area contributed by atoms with Crippen molar-refractivity contribution in [2.75, 3.05) is 19.6 Å². The number of nitrogens with zero attached hydrogens (tertiary/aromatic N) is 2. The summed E-state index contributed by atoms with van der Waals surface area (Å²) in [4.78, 5) is 19.3. The third-order valence-corrected chi connectivity index (χ3v) is 8.29. The highest BCUT2D eigenvalue weighted by molar-refractivity contribution is 5.74. The Hall–Kier alpha value is -1.58. The molecule has 4 bridgehead atoms. The minimum atomic E-state index is 0.154. The van der Waals surface area contributed by atoms with E-state index in [-0.39, 0.29) is 6.03 Å². The smallest absolute Gasteiger partial charge is 0.317 e. The van der Waals surface area contributed by atoms with Crippen LogP contribution in [0.25, 0.3) is 0 Å². The van der Waals surface area contributed by atoms with Crippen LogP contribution in [0.5, 0.6) is 0 Å². The Morgan fingerprint density at radius 2 is 1.90 bits per heavy atom. The largest absolute Gasteiger partial charge is 0.338 e. The van der Waals surface area contributed by atoms with E-state index >= 15 is 0 Å². The van der Waals surface area contributed by atoms with E-state index in [2.05, 4.69) is 41.2 Å². The standard InChI is InChI=1S/C26H41N3O/c1-3-4-5-11-29(12-8-26-17-22-14-23(18-26)16-24(26)15-22)25(30)28-19-20(2)13-21-6-9-27-10-7-21/h6-7,9-10,20,22-24H,3-5,8,11-19H2,1-2H3,(H,28,30). The van der Waals surface area contributed by atoms with Crippen LogP contribution in [0.2, 0.25) is 0 Å². The fourth-order valence-corrected chi connectivity index (χ4v) is 6.96. The van der Waals surface area contributed by atoms with Crippen LogP contribution in [0, 0.1) is 29.1 Å². The number of hydrogen-bond acceptors (Lipinski definition) is 2. The summed E-state index contributed by atoms with van der Waals surface area (Å²) >= 11 is 0. The molecule has 0 radical (unpaired) electrons. The van der Waals surface area contributed by atoms with Gasteiger partial charge >= 0.3 is 6.03 Å². The van der Waals surface area contributed by atoms with E-state index < -0.39 is 0 Å². The molecular formula is C26H41N3O. The summed E-state index contributed by atoms with van der Waals surface area (Å²) in [5.74, 6) is 3.38. The highest BCUT2D eigenvalue weighted by Gasteiger charge is 2.57. The maximum absolute atomic E-state index is 13.1. The molecule has 2 amide bonds. The van der Waals surface area contributed by atoms with Gasteiger partial charge in [0.05, 0.1) is 0 Å². The Labute approximate surface area is 183 Å². The highest BCUT2D eigenvalue weighted by Crippen LogP contribution is 2.66. The SMILES string of the molecule is CCCCCN(CCC12CC3CC(CC1C3)C2)C(=O)NCC(C)Cc1ccncc1. The van der Waals surface area contributed by atoms with E-state index in [1.54, 1.807) is 0 Å². The predicted octanol–water partition coefficient (Wildman–Crippen LogP) is 5.68. The molecule has 1 heterocycles. The van der Waals surface area contributed by atoms with Crippen LogP contribution < -0.4 is 5.32 Å². The topological polar surface area (TPSA) is 45.2 Å². The fraction of sp³-hybridized carbons (Fsp3) is 0.769. The van der Waals surface area contributed by atoms with Crippen LogP contribution in [0.3, 0.4) is 0 Å². The molecule has 4 aliphatic carbocycles. The molecule has 30 heavy (non-hydrogen) atoms. The second kappa shape index (κ2) is 9.70. The van der Waals surface area contributed by atoms with Gasteiger partial charge in [0.2, 0.25) is 0 Å². The van der Waals surface area contributed by atoms with Gasteiger partial charge in [-0.1, -0.05) is 26.7 Å². The fourth-order valence-electron chi connectivity index (χ4n) is 6.96. The van der Waals surface area contributed by atoms with E-state index in [9.17, 15) is 4.79 Å². The van der Waals surface area contributed by atoms with Crippen LogP contribution >= 0.6 is 0 Å². The van der Waals surface area contributed by atoms with Gasteiger partial charge in [0.1, 0.15) is 0 Å². The zero-order valence-electron chi connectivity index (χ0n) is 19.1. The molecule has 4 aliphatic rings. The Balaban J connectivity index is 1.28. The lowest BCUT2D eigenvalue weighted by molar-refractivity contribution is 0.148. The molecule has 5 rings (SSSR count). The van der Waals surface area contributed by atoms with Crippen molar-refractivity contribution in [1.82, 2.24) is 15.2 Å². The molecule has 0 aromatic carbocycles. The van der Waals surface area contributed by atoms with E-state index in [1.165, 1.54) is 56.9 Å². The summed E-state index contributed by atoms with van der Waals surface area (Å²) in [6.07, 6.45) is 16.8. The predicted molar refractivity (Wildman–Crippen MR) is 122 cm³/mol. The first-order chi connectivity index (χ1) is 14.6. The van der Waals surface area contributed by atoms with Crippen molar-refractivity contribution in [3.63, 3.8) is 0 Å². The molecule has 4 saturated carbocycles. The van der Waals surface area contributed by atoms with Gasteiger partial charge in [-0.3, -0.25) is 4.98 Å². The number of unbranched alkanes of at least 4 members (excludes halogenated alkanes) is 2. The van der Waals surface area contributed by atoms with Gasteiger partial charge in [0.25, 0.3) is 0 Å². The summed E-state index contributed by atoms with van der Waals surface area (Å²) < 4.78 is 0. The molecule has 1 aromatic rings. The number of rotatable bonds is 11. The van der Waals surface area contributed by atoms with Gasteiger partial charge in [-0.25, -0.2) is 4.79 Å². The summed E-state index contributed by atoms with van der Waals surface area (Å²) in [5.41, 5.74) is 1.86. The zero-order valence-corrected chi connectivity index (χ0v) is 19.1. The van der Waals surface area contributed by atoms with E-state index in [4.69, 9.17) is 0 Å². The van der Waals surface area contributed by atoms with Crippen LogP contribution in [0.15, 0.2) is 24.5 Å². The lowest BCUT2D eigenvalue weighted by Crippen LogP contribution is -2.44. The van der Waals surface area contributed by atoms with Crippen molar-refractivity contribution < 1.29 is 4.79 Å². The third kappa shape index (κ3) is 5.00. The van der Waals surface area contributed by atoms with Crippen molar-refractivity contribution in [2.45, 2.75) is 78.1 Å². The number of nitrogens with one attached hydrogen (secondary N) is 1. The summed E-state index contributed by atoms with van der Waals surface area (Å²) in [6, 6.07) is 4.29. The molecule has 4 heteroatoms. The summed E-state index contributed by atoms with van der Waals surface area (Å²) in [7, 11) is 0. The second-order valence-electron chi connectivity index (χ2n) is 10.7. The average Bonchev–Trinajstić information content (AvgIpc) is 3.13. The Morgan fingerprint density at radius 3 is 2.60 bits per heavy atom.